The highest BCUT2D eigenvalue weighted by atomic mass is 32.2. The molecule has 0 aromatic heterocycles. The second-order valence-corrected chi connectivity index (χ2v) is 8.23. The zero-order valence-electron chi connectivity index (χ0n) is 15.2. The third-order valence-corrected chi connectivity index (χ3v) is 5.88. The first-order chi connectivity index (χ1) is 13.9. The molecule has 3 aromatic carbocycles. The first-order valence-electron chi connectivity index (χ1n) is 8.63. The molecule has 0 heterocycles. The van der Waals surface area contributed by atoms with Gasteiger partial charge < -0.3 is 4.74 Å². The van der Waals surface area contributed by atoms with Gasteiger partial charge in [-0.3, -0.25) is 10.1 Å². The van der Waals surface area contributed by atoms with Crippen molar-refractivity contribution in [2.75, 3.05) is 0 Å². The van der Waals surface area contributed by atoms with E-state index >= 15 is 0 Å². The van der Waals surface area contributed by atoms with Crippen molar-refractivity contribution < 1.29 is 22.9 Å². The molecule has 148 valence electrons. The van der Waals surface area contributed by atoms with Gasteiger partial charge in [0.25, 0.3) is 5.69 Å². The summed E-state index contributed by atoms with van der Waals surface area (Å²) in [7, 11) is -3.50. The number of hydrogen-bond donors (Lipinski definition) is 0. The molecule has 3 aromatic rings. The van der Waals surface area contributed by atoms with Crippen LogP contribution >= 0.6 is 0 Å². The number of nitro groups is 1. The van der Waals surface area contributed by atoms with Crippen LogP contribution in [-0.2, 0) is 26.9 Å². The molecule has 3 rings (SSSR count). The van der Waals surface area contributed by atoms with Crippen molar-refractivity contribution in [1.29, 1.82) is 0 Å². The van der Waals surface area contributed by atoms with E-state index in [0.717, 1.165) is 0 Å². The number of carbonyl (C=O) groups is 1. The van der Waals surface area contributed by atoms with E-state index in [1.807, 2.05) is 6.07 Å². The summed E-state index contributed by atoms with van der Waals surface area (Å²) in [5.41, 5.74) is 0.782. The number of para-hydroxylation sites is 1. The second-order valence-electron chi connectivity index (χ2n) is 6.24. The van der Waals surface area contributed by atoms with Gasteiger partial charge in [0.2, 0.25) is 0 Å². The molecule has 0 atom stereocenters. The third-order valence-electron chi connectivity index (χ3n) is 4.17. The average molecular weight is 411 g/mol. The number of hydrogen-bond acceptors (Lipinski definition) is 6. The highest BCUT2D eigenvalue weighted by molar-refractivity contribution is 7.90. The van der Waals surface area contributed by atoms with Crippen molar-refractivity contribution in [3.63, 3.8) is 0 Å². The smallest absolute Gasteiger partial charge is 0.345 e. The number of nitro benzene ring substituents is 1. The molecule has 0 aliphatic heterocycles. The Kier molecular flexibility index (Phi) is 6.04. The van der Waals surface area contributed by atoms with Crippen LogP contribution in [0.3, 0.4) is 0 Å². The fourth-order valence-corrected chi connectivity index (χ4v) is 4.05. The lowest BCUT2D eigenvalue weighted by atomic mass is 10.2. The molecule has 0 saturated heterocycles. The largest absolute Gasteiger partial charge is 0.457 e. The third kappa shape index (κ3) is 5.05. The van der Waals surface area contributed by atoms with Gasteiger partial charge >= 0.3 is 5.97 Å². The standard InChI is InChI=1S/C21H17NO6S/c23-21(19-8-4-5-9-20(19)22(24)25)28-14-16-10-12-18(13-11-16)29(26,27)15-17-6-2-1-3-7-17/h1-13H,14-15H2. The summed E-state index contributed by atoms with van der Waals surface area (Å²) in [6.07, 6.45) is 0. The van der Waals surface area contributed by atoms with Crippen LogP contribution in [0.15, 0.2) is 83.8 Å². The Labute approximate surface area is 167 Å². The summed E-state index contributed by atoms with van der Waals surface area (Å²) in [5, 5.41) is 11.0. The SMILES string of the molecule is O=C(OCc1ccc(S(=O)(=O)Cc2ccccc2)cc1)c1ccccc1[N+](=O)[O-]. The lowest BCUT2D eigenvalue weighted by molar-refractivity contribution is -0.385. The van der Waals surface area contributed by atoms with Crippen molar-refractivity contribution in [3.8, 4) is 0 Å². The summed E-state index contributed by atoms with van der Waals surface area (Å²) in [6.45, 7) is -0.135. The summed E-state index contributed by atoms with van der Waals surface area (Å²) >= 11 is 0. The molecule has 8 heteroatoms. The van der Waals surface area contributed by atoms with E-state index < -0.39 is 20.7 Å². The van der Waals surface area contributed by atoms with E-state index in [4.69, 9.17) is 4.74 Å². The minimum Gasteiger partial charge on any atom is -0.457 e. The maximum absolute atomic E-state index is 12.5. The summed E-state index contributed by atoms with van der Waals surface area (Å²) in [6, 6.07) is 20.4. The summed E-state index contributed by atoms with van der Waals surface area (Å²) in [5.74, 6) is -0.932. The van der Waals surface area contributed by atoms with Crippen LogP contribution in [0, 0.1) is 10.1 Å². The maximum Gasteiger partial charge on any atom is 0.345 e. The zero-order valence-corrected chi connectivity index (χ0v) is 16.0. The van der Waals surface area contributed by atoms with Gasteiger partial charge in [-0.25, -0.2) is 13.2 Å². The predicted molar refractivity (Wildman–Crippen MR) is 106 cm³/mol. The van der Waals surface area contributed by atoms with Crippen LogP contribution in [0.2, 0.25) is 0 Å². The van der Waals surface area contributed by atoms with Gasteiger partial charge in [-0.2, -0.15) is 0 Å². The second kappa shape index (κ2) is 8.66. The molecule has 0 spiro atoms. The lowest BCUT2D eigenvalue weighted by Gasteiger charge is -2.08. The number of esters is 1. The number of benzene rings is 3. The molecule has 0 aliphatic carbocycles. The molecule has 7 nitrogen and oxygen atoms in total. The van der Waals surface area contributed by atoms with E-state index in [0.29, 0.717) is 11.1 Å². The fraction of sp³-hybridized carbons (Fsp3) is 0.0952. The lowest BCUT2D eigenvalue weighted by Crippen LogP contribution is -2.08. The molecular weight excluding hydrogens is 394 g/mol. The maximum atomic E-state index is 12.5. The summed E-state index contributed by atoms with van der Waals surface area (Å²) in [4.78, 5) is 22.7. The Bertz CT molecular complexity index is 1130. The van der Waals surface area contributed by atoms with Gasteiger partial charge in [0, 0.05) is 6.07 Å². The molecule has 0 radical (unpaired) electrons. The molecule has 0 amide bonds. The number of nitrogens with zero attached hydrogens (tertiary/aromatic N) is 1. The van der Waals surface area contributed by atoms with Crippen molar-refractivity contribution >= 4 is 21.5 Å². The van der Waals surface area contributed by atoms with Gasteiger partial charge in [-0.1, -0.05) is 54.6 Å². The number of carbonyl (C=O) groups excluding carboxylic acids is 1. The van der Waals surface area contributed by atoms with Crippen molar-refractivity contribution in [1.82, 2.24) is 0 Å². The Morgan fingerprint density at radius 3 is 2.14 bits per heavy atom. The molecule has 0 bridgehead atoms. The normalized spacial score (nSPS) is 11.0. The molecule has 0 saturated carbocycles. The van der Waals surface area contributed by atoms with Crippen LogP contribution < -0.4 is 0 Å². The Morgan fingerprint density at radius 2 is 1.48 bits per heavy atom. The predicted octanol–water partition coefficient (Wildman–Crippen LogP) is 3.93. The minimum atomic E-state index is -3.50. The first kappa shape index (κ1) is 20.2. The van der Waals surface area contributed by atoms with Gasteiger partial charge in [-0.15, -0.1) is 0 Å². The van der Waals surface area contributed by atoms with Crippen molar-refractivity contribution in [2.45, 2.75) is 17.3 Å². The minimum absolute atomic E-state index is 0.111. The Morgan fingerprint density at radius 1 is 0.862 bits per heavy atom. The Hall–Kier alpha value is -3.52. The van der Waals surface area contributed by atoms with E-state index in [9.17, 15) is 23.3 Å². The van der Waals surface area contributed by atoms with Gasteiger partial charge in [-0.05, 0) is 29.3 Å². The van der Waals surface area contributed by atoms with Crippen LogP contribution in [0.4, 0.5) is 5.69 Å². The van der Waals surface area contributed by atoms with E-state index in [1.165, 1.54) is 36.4 Å². The van der Waals surface area contributed by atoms with E-state index in [-0.39, 0.29) is 28.5 Å². The van der Waals surface area contributed by atoms with Crippen LogP contribution in [0.1, 0.15) is 21.5 Å². The number of rotatable bonds is 7. The monoisotopic (exact) mass is 411 g/mol. The van der Waals surface area contributed by atoms with Crippen molar-refractivity contribution in [2.24, 2.45) is 0 Å². The van der Waals surface area contributed by atoms with Gasteiger partial charge in [0.05, 0.1) is 15.6 Å². The van der Waals surface area contributed by atoms with E-state index in [1.54, 1.807) is 36.4 Å². The Balaban J connectivity index is 1.67. The number of ether oxygens (including phenoxy) is 1. The fourth-order valence-electron chi connectivity index (χ4n) is 2.70. The quantitative estimate of drug-likeness (QED) is 0.332. The molecule has 0 aliphatic rings. The first-order valence-corrected chi connectivity index (χ1v) is 10.3. The highest BCUT2D eigenvalue weighted by Gasteiger charge is 2.20. The molecule has 0 fully saturated rings. The highest BCUT2D eigenvalue weighted by Crippen LogP contribution is 2.20. The average Bonchev–Trinajstić information content (AvgIpc) is 2.72. The topological polar surface area (TPSA) is 104 Å². The van der Waals surface area contributed by atoms with E-state index in [2.05, 4.69) is 0 Å². The molecule has 0 unspecified atom stereocenters. The van der Waals surface area contributed by atoms with Gasteiger partial charge in [0.15, 0.2) is 9.84 Å². The molecular formula is C21H17NO6S. The molecule has 0 N–H and O–H groups in total. The zero-order chi connectivity index (χ0) is 20.9. The van der Waals surface area contributed by atoms with Gasteiger partial charge in [0.1, 0.15) is 12.2 Å². The van der Waals surface area contributed by atoms with Crippen LogP contribution in [0.5, 0.6) is 0 Å². The summed E-state index contributed by atoms with van der Waals surface area (Å²) < 4.78 is 30.2. The molecule has 29 heavy (non-hydrogen) atoms. The number of sulfone groups is 1. The van der Waals surface area contributed by atoms with Crippen molar-refractivity contribution in [3.05, 3.63) is 106 Å². The van der Waals surface area contributed by atoms with Crippen LogP contribution in [-0.4, -0.2) is 19.3 Å². The van der Waals surface area contributed by atoms with Crippen LogP contribution in [0.25, 0.3) is 0 Å².